The molecule has 8 heavy (non-hydrogen) atoms. The fraction of sp³-hybridized carbons (Fsp3) is 1.00. The Morgan fingerprint density at radius 2 is 1.50 bits per heavy atom. The maximum absolute atomic E-state index is 8.50. The Morgan fingerprint density at radius 1 is 1.25 bits per heavy atom. The zero-order valence-electron chi connectivity index (χ0n) is 5.46. The lowest BCUT2D eigenvalue weighted by atomic mass is 10.6. The van der Waals surface area contributed by atoms with Crippen molar-refractivity contribution >= 4 is 0 Å². The molecule has 0 fully saturated rings. The lowest BCUT2D eigenvalue weighted by Crippen LogP contribution is -2.16. The van der Waals surface area contributed by atoms with E-state index in [1.165, 1.54) is 5.06 Å². The third-order valence-corrected chi connectivity index (χ3v) is 0.730. The molecule has 0 aliphatic rings. The van der Waals surface area contributed by atoms with E-state index in [0.29, 0.717) is 0 Å². The molecule has 0 unspecified atom stereocenters. The van der Waals surface area contributed by atoms with Crippen molar-refractivity contribution in [1.82, 2.24) is 5.06 Å². The van der Waals surface area contributed by atoms with Crippen molar-refractivity contribution < 1.29 is 5.21 Å². The number of rotatable bonds is 2. The second kappa shape index (κ2) is 9.96. The molecular formula is C4H15N3O. The molecule has 0 aromatic heterocycles. The Balaban J connectivity index is 0. The van der Waals surface area contributed by atoms with Gasteiger partial charge in [-0.15, -0.1) is 0 Å². The number of nitrogens with two attached hydrogens (primary N) is 2. The number of nitrogens with zero attached hydrogens (tertiary/aromatic N) is 1. The molecule has 4 nitrogen and oxygen atoms in total. The molecule has 0 aromatic carbocycles. The second-order valence-corrected chi connectivity index (χ2v) is 1.14. The Kier molecular flexibility index (Phi) is 13.4. The minimum absolute atomic E-state index is 0.719. The van der Waals surface area contributed by atoms with Gasteiger partial charge in [0.2, 0.25) is 0 Å². The van der Waals surface area contributed by atoms with E-state index < -0.39 is 0 Å². The highest BCUT2D eigenvalue weighted by Gasteiger charge is 1.84. The highest BCUT2D eigenvalue weighted by Crippen LogP contribution is 1.73. The van der Waals surface area contributed by atoms with Crippen molar-refractivity contribution in [1.29, 1.82) is 0 Å². The van der Waals surface area contributed by atoms with Crippen LogP contribution in [-0.4, -0.2) is 23.4 Å². The van der Waals surface area contributed by atoms with Gasteiger partial charge < -0.3 is 5.21 Å². The SMILES string of the molecule is CCN(O)CC.NN. The molecule has 52 valence electrons. The molecule has 0 saturated carbocycles. The van der Waals surface area contributed by atoms with Crippen molar-refractivity contribution in [3.63, 3.8) is 0 Å². The van der Waals surface area contributed by atoms with Crippen molar-refractivity contribution in [2.75, 3.05) is 13.1 Å². The van der Waals surface area contributed by atoms with Gasteiger partial charge in [0.1, 0.15) is 0 Å². The van der Waals surface area contributed by atoms with Crippen LogP contribution >= 0.6 is 0 Å². The first-order valence-electron chi connectivity index (χ1n) is 2.58. The zero-order chi connectivity index (χ0) is 6.99. The largest absolute Gasteiger partial charge is 0.314 e. The molecule has 5 N–H and O–H groups in total. The highest BCUT2D eigenvalue weighted by molar-refractivity contribution is 4.26. The molecule has 0 aromatic rings. The normalized spacial score (nSPS) is 8.25. The maximum Gasteiger partial charge on any atom is 0.0209 e. The molecule has 0 aliphatic carbocycles. The first-order valence-corrected chi connectivity index (χ1v) is 2.58. The monoisotopic (exact) mass is 121 g/mol. The van der Waals surface area contributed by atoms with Gasteiger partial charge in [0, 0.05) is 13.1 Å². The topological polar surface area (TPSA) is 75.5 Å². The van der Waals surface area contributed by atoms with Crippen LogP contribution in [0.25, 0.3) is 0 Å². The standard InChI is InChI=1S/C4H11NO.H4N2/c1-3-5(6)4-2;1-2/h6H,3-4H2,1-2H3;1-2H2. The molecule has 0 radical (unpaired) electrons. The van der Waals surface area contributed by atoms with Crippen LogP contribution in [0.4, 0.5) is 0 Å². The fourth-order valence-corrected chi connectivity index (χ4v) is 0.224. The first-order chi connectivity index (χ1) is 3.81. The number of hydrogen-bond acceptors (Lipinski definition) is 4. The van der Waals surface area contributed by atoms with E-state index in [2.05, 4.69) is 11.7 Å². The summed E-state index contributed by atoms with van der Waals surface area (Å²) in [6.45, 7) is 5.25. The molecule has 0 rings (SSSR count). The number of hydroxylamine groups is 2. The molecule has 0 amide bonds. The molecular weight excluding hydrogens is 106 g/mol. The van der Waals surface area contributed by atoms with Crippen LogP contribution < -0.4 is 11.7 Å². The Hall–Kier alpha value is -0.160. The Morgan fingerprint density at radius 3 is 1.50 bits per heavy atom. The summed E-state index contributed by atoms with van der Waals surface area (Å²) in [5.41, 5.74) is 0. The smallest absolute Gasteiger partial charge is 0.0209 e. The molecule has 0 bridgehead atoms. The van der Waals surface area contributed by atoms with Gasteiger partial charge in [0.05, 0.1) is 0 Å². The van der Waals surface area contributed by atoms with Crippen molar-refractivity contribution in [3.05, 3.63) is 0 Å². The third kappa shape index (κ3) is 9.28. The molecule has 0 saturated heterocycles. The third-order valence-electron chi connectivity index (χ3n) is 0.730. The zero-order valence-corrected chi connectivity index (χ0v) is 5.46. The first kappa shape index (κ1) is 10.8. The molecule has 0 aliphatic heterocycles. The summed E-state index contributed by atoms with van der Waals surface area (Å²) < 4.78 is 0. The van der Waals surface area contributed by atoms with Gasteiger partial charge in [-0.3, -0.25) is 11.7 Å². The Labute approximate surface area is 50.0 Å². The summed E-state index contributed by atoms with van der Waals surface area (Å²) in [6, 6.07) is 0. The van der Waals surface area contributed by atoms with Crippen LogP contribution in [0.3, 0.4) is 0 Å². The van der Waals surface area contributed by atoms with Crippen LogP contribution in [0, 0.1) is 0 Å². The molecule has 0 atom stereocenters. The maximum atomic E-state index is 8.50. The van der Waals surface area contributed by atoms with Gasteiger partial charge >= 0.3 is 0 Å². The summed E-state index contributed by atoms with van der Waals surface area (Å²) >= 11 is 0. The van der Waals surface area contributed by atoms with E-state index in [-0.39, 0.29) is 0 Å². The van der Waals surface area contributed by atoms with E-state index in [9.17, 15) is 0 Å². The molecule has 0 spiro atoms. The average Bonchev–Trinajstić information content (AvgIpc) is 1.91. The van der Waals surface area contributed by atoms with Gasteiger partial charge in [0.15, 0.2) is 0 Å². The van der Waals surface area contributed by atoms with Crippen LogP contribution in [0.2, 0.25) is 0 Å². The van der Waals surface area contributed by atoms with Crippen molar-refractivity contribution in [3.8, 4) is 0 Å². The van der Waals surface area contributed by atoms with E-state index in [4.69, 9.17) is 5.21 Å². The minimum atomic E-state index is 0.719. The fourth-order valence-electron chi connectivity index (χ4n) is 0.224. The highest BCUT2D eigenvalue weighted by atomic mass is 16.5. The Bertz CT molecular complexity index is 30.5. The number of hydrogen-bond donors (Lipinski definition) is 3. The van der Waals surface area contributed by atoms with E-state index >= 15 is 0 Å². The molecule has 0 heterocycles. The summed E-state index contributed by atoms with van der Waals surface area (Å²) in [5.74, 6) is 8.00. The molecule has 4 heteroatoms. The number of hydrazine groups is 1. The van der Waals surface area contributed by atoms with E-state index in [0.717, 1.165) is 13.1 Å². The summed E-state index contributed by atoms with van der Waals surface area (Å²) in [6.07, 6.45) is 0. The van der Waals surface area contributed by atoms with E-state index in [1.54, 1.807) is 0 Å². The van der Waals surface area contributed by atoms with Crippen molar-refractivity contribution in [2.45, 2.75) is 13.8 Å². The summed E-state index contributed by atoms with van der Waals surface area (Å²) in [5, 5.41) is 9.75. The quantitative estimate of drug-likeness (QED) is 0.341. The van der Waals surface area contributed by atoms with E-state index in [1.807, 2.05) is 13.8 Å². The van der Waals surface area contributed by atoms with Gasteiger partial charge in [-0.2, -0.15) is 5.06 Å². The van der Waals surface area contributed by atoms with Crippen LogP contribution in [-0.2, 0) is 0 Å². The lowest BCUT2D eigenvalue weighted by molar-refractivity contribution is -0.0813. The summed E-state index contributed by atoms with van der Waals surface area (Å²) in [7, 11) is 0. The predicted molar refractivity (Wildman–Crippen MR) is 33.1 cm³/mol. The van der Waals surface area contributed by atoms with Crippen molar-refractivity contribution in [2.24, 2.45) is 11.7 Å². The van der Waals surface area contributed by atoms with Crippen LogP contribution in [0.15, 0.2) is 0 Å². The van der Waals surface area contributed by atoms with Gasteiger partial charge in [0.25, 0.3) is 0 Å². The lowest BCUT2D eigenvalue weighted by Gasteiger charge is -2.05. The van der Waals surface area contributed by atoms with Gasteiger partial charge in [-0.05, 0) is 0 Å². The van der Waals surface area contributed by atoms with Crippen LogP contribution in [0.5, 0.6) is 0 Å². The van der Waals surface area contributed by atoms with Gasteiger partial charge in [-0.25, -0.2) is 0 Å². The second-order valence-electron chi connectivity index (χ2n) is 1.14. The van der Waals surface area contributed by atoms with Gasteiger partial charge in [-0.1, -0.05) is 13.8 Å². The average molecular weight is 121 g/mol. The summed E-state index contributed by atoms with van der Waals surface area (Å²) in [4.78, 5) is 0. The van der Waals surface area contributed by atoms with Crippen LogP contribution in [0.1, 0.15) is 13.8 Å². The minimum Gasteiger partial charge on any atom is -0.314 e. The predicted octanol–water partition coefficient (Wildman–Crippen LogP) is -0.464.